The summed E-state index contributed by atoms with van der Waals surface area (Å²) in [6.07, 6.45) is 3.04. The van der Waals surface area contributed by atoms with Gasteiger partial charge in [-0.3, -0.25) is 0 Å². The van der Waals surface area contributed by atoms with Crippen LogP contribution < -0.4 is 0 Å². The van der Waals surface area contributed by atoms with Crippen molar-refractivity contribution in [3.8, 4) is 0 Å². The lowest BCUT2D eigenvalue weighted by Crippen LogP contribution is -2.05. The minimum absolute atomic E-state index is 0.538. The van der Waals surface area contributed by atoms with Gasteiger partial charge in [0, 0.05) is 5.71 Å². The minimum Gasteiger partial charge on any atom is -0.240 e. The summed E-state index contributed by atoms with van der Waals surface area (Å²) < 4.78 is 5.02. The van der Waals surface area contributed by atoms with Crippen molar-refractivity contribution in [1.82, 2.24) is 0 Å². The van der Waals surface area contributed by atoms with Crippen LogP contribution in [0.3, 0.4) is 0 Å². The second-order valence-corrected chi connectivity index (χ2v) is 7.98. The van der Waals surface area contributed by atoms with Gasteiger partial charge < -0.3 is 0 Å². The van der Waals surface area contributed by atoms with E-state index in [0.29, 0.717) is 11.8 Å². The molecular formula is C15H29NS. The summed E-state index contributed by atoms with van der Waals surface area (Å²) in [6.45, 7) is 17.0. The molecule has 17 heavy (non-hydrogen) atoms. The van der Waals surface area contributed by atoms with E-state index in [9.17, 15) is 0 Å². The number of allylic oxidation sites excluding steroid dienone is 1. The summed E-state index contributed by atoms with van der Waals surface area (Å²) in [7, 11) is -1.05. The van der Waals surface area contributed by atoms with Gasteiger partial charge in [-0.25, -0.2) is 4.40 Å². The third kappa shape index (κ3) is 5.58. The van der Waals surface area contributed by atoms with Gasteiger partial charge in [-0.05, 0) is 48.6 Å². The minimum atomic E-state index is -1.05. The molecule has 2 atom stereocenters. The van der Waals surface area contributed by atoms with Crippen molar-refractivity contribution < 1.29 is 0 Å². The van der Waals surface area contributed by atoms with Crippen molar-refractivity contribution in [3.05, 3.63) is 12.7 Å². The molecule has 100 valence electrons. The molecule has 0 rings (SSSR count). The second-order valence-electron chi connectivity index (χ2n) is 4.86. The molecule has 0 aromatic heterocycles. The highest BCUT2D eigenvalue weighted by molar-refractivity contribution is 8.28. The highest BCUT2D eigenvalue weighted by Crippen LogP contribution is 2.28. The molecule has 0 aliphatic carbocycles. The normalized spacial score (nSPS) is 17.5. The first-order valence-electron chi connectivity index (χ1n) is 6.53. The summed E-state index contributed by atoms with van der Waals surface area (Å²) >= 11 is 0. The van der Waals surface area contributed by atoms with Crippen LogP contribution in [0.4, 0.5) is 0 Å². The van der Waals surface area contributed by atoms with Crippen LogP contribution in [0.25, 0.3) is 0 Å². The summed E-state index contributed by atoms with van der Waals surface area (Å²) in [4.78, 5) is 0. The van der Waals surface area contributed by atoms with Crippen LogP contribution >= 0.6 is 9.39 Å². The Morgan fingerprint density at radius 2 is 1.94 bits per heavy atom. The van der Waals surface area contributed by atoms with Crippen molar-refractivity contribution in [3.63, 3.8) is 0 Å². The smallest absolute Gasteiger partial charge is 0.0244 e. The lowest BCUT2D eigenvalue weighted by Gasteiger charge is -2.16. The maximum absolute atomic E-state index is 5.02. The molecule has 0 spiro atoms. The van der Waals surface area contributed by atoms with E-state index in [1.807, 2.05) is 6.08 Å². The molecule has 0 aliphatic heterocycles. The zero-order chi connectivity index (χ0) is 13.5. The van der Waals surface area contributed by atoms with E-state index in [1.165, 1.54) is 5.71 Å². The highest BCUT2D eigenvalue weighted by atomic mass is 32.2. The summed E-state index contributed by atoms with van der Waals surface area (Å²) in [5.74, 6) is 2.20. The largest absolute Gasteiger partial charge is 0.240 e. The van der Waals surface area contributed by atoms with Crippen LogP contribution in [-0.2, 0) is 0 Å². The maximum Gasteiger partial charge on any atom is 0.0244 e. The maximum atomic E-state index is 5.02. The Balaban J connectivity index is 5.48. The van der Waals surface area contributed by atoms with Gasteiger partial charge in [0.1, 0.15) is 0 Å². The molecule has 0 aliphatic rings. The zero-order valence-corrected chi connectivity index (χ0v) is 13.2. The Morgan fingerprint density at radius 1 is 1.35 bits per heavy atom. The molecule has 0 heterocycles. The third-order valence-corrected chi connectivity index (χ3v) is 6.33. The van der Waals surface area contributed by atoms with E-state index >= 15 is 0 Å². The first-order chi connectivity index (χ1) is 7.90. The van der Waals surface area contributed by atoms with Crippen molar-refractivity contribution in [2.45, 2.75) is 48.0 Å². The van der Waals surface area contributed by atoms with E-state index in [-0.39, 0.29) is 0 Å². The van der Waals surface area contributed by atoms with Crippen molar-refractivity contribution >= 4 is 25.8 Å². The molecule has 0 bridgehead atoms. The van der Waals surface area contributed by atoms with Crippen LogP contribution in [0.2, 0.25) is 0 Å². The van der Waals surface area contributed by atoms with Gasteiger partial charge in [-0.2, -0.15) is 0 Å². The SMILES string of the molecule is C=CCC(C)C=S(=CC)(CC)N=C(C)C(C)C. The lowest BCUT2D eigenvalue weighted by atomic mass is 10.1. The molecule has 2 unspecified atom stereocenters. The Bertz CT molecular complexity index is 380. The predicted octanol–water partition coefficient (Wildman–Crippen LogP) is 4.68. The number of hydrogen-bond acceptors (Lipinski definition) is 1. The fourth-order valence-electron chi connectivity index (χ4n) is 1.58. The number of hydrogen-bond donors (Lipinski definition) is 0. The average molecular weight is 255 g/mol. The average Bonchev–Trinajstić information content (AvgIpc) is 2.28. The molecule has 0 saturated heterocycles. The Labute approximate surface area is 109 Å². The van der Waals surface area contributed by atoms with Gasteiger partial charge >= 0.3 is 0 Å². The Kier molecular flexibility index (Phi) is 7.53. The van der Waals surface area contributed by atoms with Crippen molar-refractivity contribution in [1.29, 1.82) is 0 Å². The second kappa shape index (κ2) is 7.75. The fourth-order valence-corrected chi connectivity index (χ4v) is 4.22. The molecule has 1 nitrogen and oxygen atoms in total. The van der Waals surface area contributed by atoms with Crippen molar-refractivity contribution in [2.75, 3.05) is 5.75 Å². The molecular weight excluding hydrogens is 226 g/mol. The Hall–Kier alpha value is -0.500. The quantitative estimate of drug-likeness (QED) is 0.371. The topological polar surface area (TPSA) is 12.4 Å². The fraction of sp³-hybridized carbons (Fsp3) is 0.667. The molecule has 0 fully saturated rings. The van der Waals surface area contributed by atoms with E-state index in [1.54, 1.807) is 0 Å². The lowest BCUT2D eigenvalue weighted by molar-refractivity contribution is 0.819. The van der Waals surface area contributed by atoms with E-state index in [4.69, 9.17) is 4.40 Å². The molecule has 2 heteroatoms. The Morgan fingerprint density at radius 3 is 2.29 bits per heavy atom. The van der Waals surface area contributed by atoms with Gasteiger partial charge in [0.2, 0.25) is 0 Å². The van der Waals surface area contributed by atoms with Crippen LogP contribution in [0.1, 0.15) is 48.0 Å². The van der Waals surface area contributed by atoms with E-state index in [0.717, 1.165) is 12.2 Å². The molecule has 0 saturated carbocycles. The van der Waals surface area contributed by atoms with Crippen LogP contribution in [0.5, 0.6) is 0 Å². The van der Waals surface area contributed by atoms with Gasteiger partial charge in [-0.1, -0.05) is 33.8 Å². The molecule has 0 radical (unpaired) electrons. The standard InChI is InChI=1S/C15H29NS/c1-8-11-14(6)12-17(9-2,10-3)16-15(7)13(4)5/h8-9,12-14H,1,10-11H2,2-7H3. The summed E-state index contributed by atoms with van der Waals surface area (Å²) in [6, 6.07) is 0. The first kappa shape index (κ1) is 16.5. The number of rotatable bonds is 6. The molecule has 0 aromatic rings. The van der Waals surface area contributed by atoms with Crippen LogP contribution in [-0.4, -0.2) is 22.2 Å². The molecule has 0 N–H and O–H groups in total. The van der Waals surface area contributed by atoms with E-state index < -0.39 is 9.39 Å². The monoisotopic (exact) mass is 255 g/mol. The summed E-state index contributed by atoms with van der Waals surface area (Å²) in [5, 5.41) is 4.75. The summed E-state index contributed by atoms with van der Waals surface area (Å²) in [5.41, 5.74) is 1.27. The molecule has 0 amide bonds. The third-order valence-electron chi connectivity index (χ3n) is 3.03. The van der Waals surface area contributed by atoms with Gasteiger partial charge in [0.25, 0.3) is 0 Å². The zero-order valence-electron chi connectivity index (χ0n) is 12.4. The molecule has 0 aromatic carbocycles. The first-order valence-corrected chi connectivity index (χ1v) is 8.41. The van der Waals surface area contributed by atoms with E-state index in [2.05, 4.69) is 58.9 Å². The van der Waals surface area contributed by atoms with Gasteiger partial charge in [0.15, 0.2) is 0 Å². The van der Waals surface area contributed by atoms with Gasteiger partial charge in [-0.15, -0.1) is 16.0 Å². The van der Waals surface area contributed by atoms with Crippen LogP contribution in [0.15, 0.2) is 17.1 Å². The van der Waals surface area contributed by atoms with Crippen molar-refractivity contribution in [2.24, 2.45) is 16.2 Å². The van der Waals surface area contributed by atoms with Crippen LogP contribution in [0, 0.1) is 11.8 Å². The number of nitrogens with zero attached hydrogens (tertiary/aromatic N) is 1. The predicted molar refractivity (Wildman–Crippen MR) is 87.9 cm³/mol. The highest BCUT2D eigenvalue weighted by Gasteiger charge is 2.05. The van der Waals surface area contributed by atoms with Gasteiger partial charge in [0.05, 0.1) is 0 Å².